The molecule has 206 valence electrons. The van der Waals surface area contributed by atoms with Gasteiger partial charge in [-0.25, -0.2) is 4.39 Å². The van der Waals surface area contributed by atoms with Crippen LogP contribution < -0.4 is 15.4 Å². The van der Waals surface area contributed by atoms with Gasteiger partial charge in [-0.05, 0) is 91.4 Å². The maximum atomic E-state index is 14.0. The van der Waals surface area contributed by atoms with E-state index in [1.165, 1.54) is 42.5 Å². The first kappa shape index (κ1) is 29.0. The van der Waals surface area contributed by atoms with Crippen molar-refractivity contribution in [2.75, 3.05) is 11.9 Å². The molecule has 0 aliphatic heterocycles. The second kappa shape index (κ2) is 13.9. The molecule has 8 heteroatoms. The van der Waals surface area contributed by atoms with Gasteiger partial charge in [0.25, 0.3) is 11.8 Å². The predicted octanol–water partition coefficient (Wildman–Crippen LogP) is 7.18. The van der Waals surface area contributed by atoms with Crippen LogP contribution in [-0.2, 0) is 4.79 Å². The van der Waals surface area contributed by atoms with Crippen molar-refractivity contribution in [3.63, 3.8) is 0 Å². The molecule has 4 rings (SSSR count). The van der Waals surface area contributed by atoms with Crippen LogP contribution in [0.2, 0.25) is 5.02 Å². The molecule has 2 N–H and O–H groups in total. The SMILES string of the molecule is CCOc1ccc(/C=C(\NC(=O)c2ccccc2)C(=O)Nc2ccc(C(=O)/C=C/c3c(F)cccc3Cl)cc2)cc1. The van der Waals surface area contributed by atoms with Crippen LogP contribution in [0.3, 0.4) is 0 Å². The Bertz CT molecular complexity index is 1580. The first-order valence-electron chi connectivity index (χ1n) is 12.7. The van der Waals surface area contributed by atoms with E-state index in [2.05, 4.69) is 10.6 Å². The van der Waals surface area contributed by atoms with Gasteiger partial charge in [0.2, 0.25) is 0 Å². The van der Waals surface area contributed by atoms with Gasteiger partial charge < -0.3 is 15.4 Å². The largest absolute Gasteiger partial charge is 0.494 e. The smallest absolute Gasteiger partial charge is 0.272 e. The molecule has 0 bridgehead atoms. The van der Waals surface area contributed by atoms with Crippen LogP contribution in [0.1, 0.15) is 38.8 Å². The number of carbonyl (C=O) groups excluding carboxylic acids is 3. The molecule has 0 aromatic heterocycles. The van der Waals surface area contributed by atoms with E-state index in [0.717, 1.165) is 0 Å². The second-order valence-electron chi connectivity index (χ2n) is 8.74. The molecule has 2 amide bonds. The summed E-state index contributed by atoms with van der Waals surface area (Å²) in [6.45, 7) is 2.41. The van der Waals surface area contributed by atoms with E-state index < -0.39 is 17.6 Å². The Kier molecular flexibility index (Phi) is 9.80. The standard InChI is InChI=1S/C33H26ClFN2O4/c1-2-41-26-17-11-22(12-18-26)21-30(37-32(39)24-7-4-3-5-8-24)33(40)36-25-15-13-23(14-16-25)31(38)20-19-27-28(34)9-6-10-29(27)35/h3-21H,2H2,1H3,(H,36,40)(H,37,39)/b20-19+,30-21-. The average molecular weight is 569 g/mol. The molecule has 0 saturated carbocycles. The molecule has 0 heterocycles. The predicted molar refractivity (Wildman–Crippen MR) is 159 cm³/mol. The lowest BCUT2D eigenvalue weighted by Crippen LogP contribution is -2.30. The molecule has 4 aromatic carbocycles. The fourth-order valence-corrected chi connectivity index (χ4v) is 4.00. The van der Waals surface area contributed by atoms with Gasteiger partial charge in [0, 0.05) is 22.4 Å². The van der Waals surface area contributed by atoms with E-state index in [9.17, 15) is 18.8 Å². The van der Waals surface area contributed by atoms with Crippen LogP contribution in [0, 0.1) is 5.82 Å². The van der Waals surface area contributed by atoms with E-state index in [4.69, 9.17) is 16.3 Å². The van der Waals surface area contributed by atoms with Crippen molar-refractivity contribution in [1.29, 1.82) is 0 Å². The number of rotatable bonds is 10. The van der Waals surface area contributed by atoms with Crippen LogP contribution in [-0.4, -0.2) is 24.2 Å². The zero-order chi connectivity index (χ0) is 29.2. The summed E-state index contributed by atoms with van der Waals surface area (Å²) >= 11 is 6.01. The highest BCUT2D eigenvalue weighted by molar-refractivity contribution is 6.32. The average Bonchev–Trinajstić information content (AvgIpc) is 2.98. The quantitative estimate of drug-likeness (QED) is 0.157. The monoisotopic (exact) mass is 568 g/mol. The number of carbonyl (C=O) groups is 3. The first-order valence-corrected chi connectivity index (χ1v) is 13.1. The van der Waals surface area contributed by atoms with Crippen LogP contribution in [0.15, 0.2) is 109 Å². The molecule has 0 saturated heterocycles. The molecule has 41 heavy (non-hydrogen) atoms. The summed E-state index contributed by atoms with van der Waals surface area (Å²) in [6.07, 6.45) is 4.11. The highest BCUT2D eigenvalue weighted by Crippen LogP contribution is 2.21. The van der Waals surface area contributed by atoms with Crippen molar-refractivity contribution in [2.24, 2.45) is 0 Å². The fraction of sp³-hybridized carbons (Fsp3) is 0.0606. The zero-order valence-electron chi connectivity index (χ0n) is 22.1. The zero-order valence-corrected chi connectivity index (χ0v) is 22.8. The molecular formula is C33H26ClFN2O4. The molecule has 0 fully saturated rings. The number of ketones is 1. The Morgan fingerprint density at radius 3 is 2.22 bits per heavy atom. The van der Waals surface area contributed by atoms with E-state index >= 15 is 0 Å². The van der Waals surface area contributed by atoms with Crippen molar-refractivity contribution in [3.8, 4) is 5.75 Å². The van der Waals surface area contributed by atoms with Gasteiger partial charge in [0.15, 0.2) is 5.78 Å². The maximum Gasteiger partial charge on any atom is 0.272 e. The van der Waals surface area contributed by atoms with E-state index in [1.807, 2.05) is 6.92 Å². The summed E-state index contributed by atoms with van der Waals surface area (Å²) in [4.78, 5) is 38.7. The number of nitrogens with one attached hydrogen (secondary N) is 2. The number of anilines is 1. The summed E-state index contributed by atoms with van der Waals surface area (Å²) in [5.41, 5.74) is 1.94. The van der Waals surface area contributed by atoms with Gasteiger partial charge in [-0.2, -0.15) is 0 Å². The first-order chi connectivity index (χ1) is 19.8. The van der Waals surface area contributed by atoms with Gasteiger partial charge in [0.05, 0.1) is 11.6 Å². The van der Waals surface area contributed by atoms with Gasteiger partial charge in [-0.3, -0.25) is 14.4 Å². The van der Waals surface area contributed by atoms with Gasteiger partial charge in [-0.15, -0.1) is 0 Å². The van der Waals surface area contributed by atoms with Crippen molar-refractivity contribution in [3.05, 3.63) is 142 Å². The number of hydrogen-bond acceptors (Lipinski definition) is 4. The van der Waals surface area contributed by atoms with Gasteiger partial charge >= 0.3 is 0 Å². The fourth-order valence-electron chi connectivity index (χ4n) is 3.78. The Balaban J connectivity index is 1.50. The minimum Gasteiger partial charge on any atom is -0.494 e. The normalized spacial score (nSPS) is 11.2. The molecule has 4 aromatic rings. The number of hydrogen-bond donors (Lipinski definition) is 2. The van der Waals surface area contributed by atoms with Crippen molar-refractivity contribution in [2.45, 2.75) is 6.92 Å². The molecule has 0 radical (unpaired) electrons. The number of amides is 2. The summed E-state index contributed by atoms with van der Waals surface area (Å²) in [5.74, 6) is -1.22. The lowest BCUT2D eigenvalue weighted by Gasteiger charge is -2.12. The Morgan fingerprint density at radius 1 is 0.854 bits per heavy atom. The van der Waals surface area contributed by atoms with E-state index in [1.54, 1.807) is 72.8 Å². The van der Waals surface area contributed by atoms with Crippen molar-refractivity contribution >= 4 is 47.0 Å². The number of halogens is 2. The van der Waals surface area contributed by atoms with Crippen molar-refractivity contribution < 1.29 is 23.5 Å². The minimum atomic E-state index is -0.559. The molecule has 0 aliphatic carbocycles. The van der Waals surface area contributed by atoms with E-state index in [0.29, 0.717) is 34.7 Å². The molecule has 0 unspecified atom stereocenters. The summed E-state index contributed by atoms with van der Waals surface area (Å²) < 4.78 is 19.5. The third kappa shape index (κ3) is 8.00. The summed E-state index contributed by atoms with van der Waals surface area (Å²) in [5, 5.41) is 5.63. The molecule has 0 spiro atoms. The minimum absolute atomic E-state index is 0.0212. The maximum absolute atomic E-state index is 14.0. The third-order valence-corrected chi connectivity index (χ3v) is 6.19. The molecule has 0 atom stereocenters. The van der Waals surface area contributed by atoms with Crippen LogP contribution in [0.25, 0.3) is 12.2 Å². The molecule has 6 nitrogen and oxygen atoms in total. The molecule has 0 aliphatic rings. The van der Waals surface area contributed by atoms with Gasteiger partial charge in [-0.1, -0.05) is 48.0 Å². The van der Waals surface area contributed by atoms with Crippen LogP contribution in [0.5, 0.6) is 5.75 Å². The topological polar surface area (TPSA) is 84.5 Å². The Hall–Kier alpha value is -5.01. The van der Waals surface area contributed by atoms with Gasteiger partial charge in [0.1, 0.15) is 17.3 Å². The van der Waals surface area contributed by atoms with Crippen molar-refractivity contribution in [1.82, 2.24) is 5.32 Å². The Labute approximate surface area is 242 Å². The number of benzene rings is 4. The highest BCUT2D eigenvalue weighted by atomic mass is 35.5. The summed E-state index contributed by atoms with van der Waals surface area (Å²) in [7, 11) is 0. The summed E-state index contributed by atoms with van der Waals surface area (Å²) in [6, 6.07) is 26.1. The second-order valence-corrected chi connectivity index (χ2v) is 9.15. The molecular weight excluding hydrogens is 543 g/mol. The number of ether oxygens (including phenoxy) is 1. The van der Waals surface area contributed by atoms with Crippen LogP contribution in [0.4, 0.5) is 10.1 Å². The highest BCUT2D eigenvalue weighted by Gasteiger charge is 2.15. The third-order valence-electron chi connectivity index (χ3n) is 5.86. The lowest BCUT2D eigenvalue weighted by molar-refractivity contribution is -0.113. The Morgan fingerprint density at radius 2 is 1.56 bits per heavy atom. The number of allylic oxidation sites excluding steroid dienone is 1. The van der Waals surface area contributed by atoms with E-state index in [-0.39, 0.29) is 22.1 Å². The lowest BCUT2D eigenvalue weighted by atomic mass is 10.1. The van der Waals surface area contributed by atoms with Crippen LogP contribution >= 0.6 is 11.6 Å².